The summed E-state index contributed by atoms with van der Waals surface area (Å²) in [6, 6.07) is -1.03. The van der Waals surface area contributed by atoms with Crippen LogP contribution in [-0.2, 0) is 14.0 Å². The lowest BCUT2D eigenvalue weighted by Gasteiger charge is -2.33. The molecule has 4 N–H and O–H groups in total. The Morgan fingerprint density at radius 3 is 2.35 bits per heavy atom. The summed E-state index contributed by atoms with van der Waals surface area (Å²) in [5.41, 5.74) is 6.09. The summed E-state index contributed by atoms with van der Waals surface area (Å²) < 4.78 is 22.8. The molecule has 120 valence electrons. The number of nitrogens with zero attached hydrogens (tertiary/aromatic N) is 1. The maximum Gasteiger partial charge on any atom is 0.255 e. The Morgan fingerprint density at radius 1 is 1.30 bits per heavy atom. The second-order valence-corrected chi connectivity index (χ2v) is 7.22. The van der Waals surface area contributed by atoms with Crippen LogP contribution in [0.5, 0.6) is 0 Å². The quantitative estimate of drug-likeness (QED) is 0.413. The third kappa shape index (κ3) is 5.77. The Hall–Kier alpha value is -0.0100. The van der Waals surface area contributed by atoms with E-state index in [1.807, 2.05) is 0 Å². The first-order chi connectivity index (χ1) is 9.51. The maximum atomic E-state index is 12.3. The summed E-state index contributed by atoms with van der Waals surface area (Å²) in [6.07, 6.45) is 0.383. The Bertz CT molecular complexity index is 307. The first kappa shape index (κ1) is 18.0. The van der Waals surface area contributed by atoms with Crippen molar-refractivity contribution >= 4 is 7.37 Å². The van der Waals surface area contributed by atoms with Gasteiger partial charge in [0, 0.05) is 45.6 Å². The van der Waals surface area contributed by atoms with E-state index in [9.17, 15) is 9.46 Å². The van der Waals surface area contributed by atoms with E-state index in [-0.39, 0.29) is 12.3 Å². The molecule has 1 heterocycles. The van der Waals surface area contributed by atoms with E-state index in [0.29, 0.717) is 19.6 Å². The molecular weight excluding hydrogens is 281 g/mol. The molecule has 0 bridgehead atoms. The van der Waals surface area contributed by atoms with Gasteiger partial charge in [0.05, 0.1) is 6.17 Å². The standard InChI is InChI=1S/C12H28N3O4P/c1-3-18-12(19-4-2)20(16,17)10-5-11(13)15-8-6-14-7-9-15/h11-12,14H,3-10,13H2,1-2H3,(H,16,17). The molecule has 0 aromatic rings. The highest BCUT2D eigenvalue weighted by Gasteiger charge is 2.33. The number of hydrogen-bond donors (Lipinski definition) is 3. The summed E-state index contributed by atoms with van der Waals surface area (Å²) in [4.78, 5) is 12.2. The summed E-state index contributed by atoms with van der Waals surface area (Å²) in [7, 11) is -3.51. The van der Waals surface area contributed by atoms with Gasteiger partial charge in [-0.1, -0.05) is 0 Å². The number of hydrogen-bond acceptors (Lipinski definition) is 6. The fourth-order valence-corrected chi connectivity index (χ4v) is 3.79. The number of ether oxygens (including phenoxy) is 2. The molecule has 2 unspecified atom stereocenters. The molecule has 0 saturated carbocycles. The third-order valence-corrected chi connectivity index (χ3v) is 5.17. The molecule has 2 atom stereocenters. The minimum absolute atomic E-state index is 0.114. The van der Waals surface area contributed by atoms with Gasteiger partial charge in [-0.15, -0.1) is 0 Å². The van der Waals surface area contributed by atoms with E-state index in [4.69, 9.17) is 15.2 Å². The van der Waals surface area contributed by atoms with Crippen molar-refractivity contribution in [2.24, 2.45) is 5.73 Å². The van der Waals surface area contributed by atoms with E-state index < -0.39 is 13.4 Å². The van der Waals surface area contributed by atoms with Gasteiger partial charge in [-0.05, 0) is 20.3 Å². The van der Waals surface area contributed by atoms with Gasteiger partial charge < -0.3 is 25.4 Å². The van der Waals surface area contributed by atoms with Crippen molar-refractivity contribution in [2.75, 3.05) is 45.6 Å². The van der Waals surface area contributed by atoms with E-state index >= 15 is 0 Å². The molecule has 1 fully saturated rings. The lowest BCUT2D eigenvalue weighted by Crippen LogP contribution is -2.52. The van der Waals surface area contributed by atoms with Crippen LogP contribution in [0.25, 0.3) is 0 Å². The fraction of sp³-hybridized carbons (Fsp3) is 1.00. The molecular formula is C12H28N3O4P. The SMILES string of the molecule is CCOC(OCC)P(=O)(O)CCC(N)N1CCNCC1. The molecule has 1 aliphatic rings. The van der Waals surface area contributed by atoms with Crippen molar-refractivity contribution < 1.29 is 18.9 Å². The smallest absolute Gasteiger partial charge is 0.255 e. The Kier molecular flexibility index (Phi) is 8.21. The van der Waals surface area contributed by atoms with Crippen LogP contribution in [0.2, 0.25) is 0 Å². The van der Waals surface area contributed by atoms with Crippen LogP contribution in [-0.4, -0.2) is 67.5 Å². The Balaban J connectivity index is 2.45. The van der Waals surface area contributed by atoms with Gasteiger partial charge in [-0.2, -0.15) is 0 Å². The van der Waals surface area contributed by atoms with E-state index in [2.05, 4.69) is 10.2 Å². The second-order valence-electron chi connectivity index (χ2n) is 4.84. The second kappa shape index (κ2) is 9.10. The van der Waals surface area contributed by atoms with Crippen molar-refractivity contribution in [2.45, 2.75) is 32.5 Å². The maximum absolute atomic E-state index is 12.3. The molecule has 1 aliphatic heterocycles. The van der Waals surface area contributed by atoms with Crippen molar-refractivity contribution in [3.05, 3.63) is 0 Å². The molecule has 20 heavy (non-hydrogen) atoms. The highest BCUT2D eigenvalue weighted by molar-refractivity contribution is 7.58. The third-order valence-electron chi connectivity index (χ3n) is 3.31. The molecule has 0 amide bonds. The van der Waals surface area contributed by atoms with Crippen LogP contribution in [0.3, 0.4) is 0 Å². The number of nitrogens with one attached hydrogen (secondary N) is 1. The van der Waals surface area contributed by atoms with Gasteiger partial charge in [0.2, 0.25) is 6.03 Å². The minimum atomic E-state index is -3.51. The summed E-state index contributed by atoms with van der Waals surface area (Å²) in [5, 5.41) is 3.25. The van der Waals surface area contributed by atoms with Crippen LogP contribution in [0.4, 0.5) is 0 Å². The fourth-order valence-electron chi connectivity index (χ4n) is 2.19. The molecule has 0 aromatic heterocycles. The number of nitrogens with two attached hydrogens (primary N) is 1. The van der Waals surface area contributed by atoms with E-state index in [0.717, 1.165) is 26.2 Å². The van der Waals surface area contributed by atoms with Gasteiger partial charge in [-0.25, -0.2) is 0 Å². The number of piperazine rings is 1. The summed E-state index contributed by atoms with van der Waals surface area (Å²) in [5.74, 6) is 0. The van der Waals surface area contributed by atoms with Crippen LogP contribution in [0, 0.1) is 0 Å². The molecule has 7 nitrogen and oxygen atoms in total. The largest absolute Gasteiger partial charge is 0.345 e. The summed E-state index contributed by atoms with van der Waals surface area (Å²) in [6.45, 7) is 7.81. The normalized spacial score (nSPS) is 21.9. The lowest BCUT2D eigenvalue weighted by molar-refractivity contribution is -0.0872. The van der Waals surface area contributed by atoms with Crippen molar-refractivity contribution in [1.29, 1.82) is 0 Å². The van der Waals surface area contributed by atoms with Crippen molar-refractivity contribution in [3.63, 3.8) is 0 Å². The topological polar surface area (TPSA) is 97.0 Å². The monoisotopic (exact) mass is 309 g/mol. The number of rotatable bonds is 9. The van der Waals surface area contributed by atoms with E-state index in [1.54, 1.807) is 13.8 Å². The molecule has 1 rings (SSSR count). The molecule has 8 heteroatoms. The van der Waals surface area contributed by atoms with E-state index in [1.165, 1.54) is 0 Å². The molecule has 0 spiro atoms. The van der Waals surface area contributed by atoms with Crippen molar-refractivity contribution in [1.82, 2.24) is 10.2 Å². The van der Waals surface area contributed by atoms with Gasteiger partial charge >= 0.3 is 0 Å². The van der Waals surface area contributed by atoms with Gasteiger partial charge in [0.1, 0.15) is 0 Å². The first-order valence-electron chi connectivity index (χ1n) is 7.26. The molecule has 1 saturated heterocycles. The summed E-state index contributed by atoms with van der Waals surface area (Å²) >= 11 is 0. The van der Waals surface area contributed by atoms with Crippen LogP contribution < -0.4 is 11.1 Å². The minimum Gasteiger partial charge on any atom is -0.345 e. The van der Waals surface area contributed by atoms with Gasteiger partial charge in [0.15, 0.2) is 0 Å². The Morgan fingerprint density at radius 2 is 1.85 bits per heavy atom. The highest BCUT2D eigenvalue weighted by Crippen LogP contribution is 2.48. The van der Waals surface area contributed by atoms with Gasteiger partial charge in [-0.3, -0.25) is 9.46 Å². The van der Waals surface area contributed by atoms with Gasteiger partial charge in [0.25, 0.3) is 7.37 Å². The van der Waals surface area contributed by atoms with Crippen LogP contribution in [0.15, 0.2) is 0 Å². The predicted octanol–water partition coefficient (Wildman–Crippen LogP) is 0.194. The lowest BCUT2D eigenvalue weighted by atomic mass is 10.3. The molecule has 0 aliphatic carbocycles. The molecule has 0 aromatic carbocycles. The Labute approximate surface area is 121 Å². The van der Waals surface area contributed by atoms with Crippen LogP contribution in [0.1, 0.15) is 20.3 Å². The predicted molar refractivity (Wildman–Crippen MR) is 78.8 cm³/mol. The van der Waals surface area contributed by atoms with Crippen molar-refractivity contribution in [3.8, 4) is 0 Å². The first-order valence-corrected chi connectivity index (χ1v) is 9.17. The zero-order valence-electron chi connectivity index (χ0n) is 12.5. The zero-order valence-corrected chi connectivity index (χ0v) is 13.3. The molecule has 0 radical (unpaired) electrons. The zero-order chi connectivity index (χ0) is 15.0. The van der Waals surface area contributed by atoms with Crippen LogP contribution >= 0.6 is 7.37 Å². The highest BCUT2D eigenvalue weighted by atomic mass is 31.2. The average molecular weight is 309 g/mol. The average Bonchev–Trinajstić information content (AvgIpc) is 2.45.